The first-order chi connectivity index (χ1) is 9.09. The Hall–Kier alpha value is -0.910. The van der Waals surface area contributed by atoms with Gasteiger partial charge in [0.15, 0.2) is 0 Å². The van der Waals surface area contributed by atoms with Crippen LogP contribution in [0.1, 0.15) is 29.0 Å². The molecule has 1 heterocycles. The lowest BCUT2D eigenvalue weighted by molar-refractivity contribution is 0.305. The number of hydrogen-bond acceptors (Lipinski definition) is 4. The van der Waals surface area contributed by atoms with Crippen molar-refractivity contribution in [3.8, 4) is 11.8 Å². The summed E-state index contributed by atoms with van der Waals surface area (Å²) in [6, 6.07) is 3.82. The molecule has 0 spiro atoms. The molecule has 19 heavy (non-hydrogen) atoms. The molecule has 104 valence electrons. The fraction of sp³-hybridized carbons (Fsp3) is 0.500. The van der Waals surface area contributed by atoms with Crippen LogP contribution in [0.25, 0.3) is 0 Å². The van der Waals surface area contributed by atoms with E-state index in [0.717, 1.165) is 22.6 Å². The van der Waals surface area contributed by atoms with Crippen LogP contribution in [0.3, 0.4) is 0 Å². The Morgan fingerprint density at radius 1 is 1.42 bits per heavy atom. The van der Waals surface area contributed by atoms with Crippen molar-refractivity contribution in [2.75, 3.05) is 6.61 Å². The van der Waals surface area contributed by atoms with E-state index in [4.69, 9.17) is 5.11 Å². The van der Waals surface area contributed by atoms with Crippen molar-refractivity contribution in [2.24, 2.45) is 0 Å². The second kappa shape index (κ2) is 6.50. The summed E-state index contributed by atoms with van der Waals surface area (Å²) in [6.07, 6.45) is 2.29. The Kier molecular flexibility index (Phi) is 4.96. The third kappa shape index (κ3) is 5.30. The topological polar surface area (TPSA) is 78.4 Å². The second-order valence-corrected chi connectivity index (χ2v) is 6.96. The predicted molar refractivity (Wildman–Crippen MR) is 74.8 cm³/mol. The van der Waals surface area contributed by atoms with Crippen LogP contribution < -0.4 is 9.44 Å². The maximum Gasteiger partial charge on any atom is 0.277 e. The zero-order valence-corrected chi connectivity index (χ0v) is 12.0. The van der Waals surface area contributed by atoms with Crippen molar-refractivity contribution in [3.63, 3.8) is 0 Å². The van der Waals surface area contributed by atoms with Crippen molar-refractivity contribution < 1.29 is 13.5 Å². The van der Waals surface area contributed by atoms with E-state index in [1.165, 1.54) is 11.3 Å². The number of nitrogens with one attached hydrogen (secondary N) is 2. The van der Waals surface area contributed by atoms with Crippen molar-refractivity contribution >= 4 is 21.5 Å². The molecule has 0 aliphatic heterocycles. The molecule has 0 aromatic carbocycles. The van der Waals surface area contributed by atoms with Crippen LogP contribution in [0.2, 0.25) is 0 Å². The molecule has 1 aliphatic rings. The zero-order valence-electron chi connectivity index (χ0n) is 10.3. The smallest absolute Gasteiger partial charge is 0.277 e. The molecule has 1 aliphatic carbocycles. The molecule has 0 unspecified atom stereocenters. The second-order valence-electron chi connectivity index (χ2n) is 4.26. The highest BCUT2D eigenvalue weighted by atomic mass is 32.2. The first kappa shape index (κ1) is 14.5. The minimum Gasteiger partial charge on any atom is -0.395 e. The van der Waals surface area contributed by atoms with E-state index in [0.29, 0.717) is 6.42 Å². The summed E-state index contributed by atoms with van der Waals surface area (Å²) in [5.74, 6) is 5.75. The Bertz CT molecular complexity index is 580. The van der Waals surface area contributed by atoms with Gasteiger partial charge in [-0.15, -0.1) is 11.3 Å². The molecule has 0 radical (unpaired) electrons. The van der Waals surface area contributed by atoms with Crippen molar-refractivity contribution in [1.82, 2.24) is 9.44 Å². The Morgan fingerprint density at radius 3 is 2.89 bits per heavy atom. The van der Waals surface area contributed by atoms with E-state index in [1.54, 1.807) is 0 Å². The number of aliphatic hydroxyl groups excluding tert-OH is 1. The van der Waals surface area contributed by atoms with E-state index < -0.39 is 10.2 Å². The minimum absolute atomic E-state index is 0.0534. The summed E-state index contributed by atoms with van der Waals surface area (Å²) in [5, 5.41) is 8.62. The molecule has 1 fully saturated rings. The SMILES string of the molecule is O=S(=O)(NCc1ccc(C#CCCO)s1)NC1CC1. The quantitative estimate of drug-likeness (QED) is 0.672. The molecule has 0 atom stereocenters. The maximum atomic E-state index is 11.6. The summed E-state index contributed by atoms with van der Waals surface area (Å²) >= 11 is 1.45. The predicted octanol–water partition coefficient (Wildman–Crippen LogP) is 0.568. The van der Waals surface area contributed by atoms with Crippen molar-refractivity contribution in [2.45, 2.75) is 31.8 Å². The van der Waals surface area contributed by atoms with E-state index in [1.807, 2.05) is 12.1 Å². The van der Waals surface area contributed by atoms with E-state index in [9.17, 15) is 8.42 Å². The van der Waals surface area contributed by atoms with Gasteiger partial charge in [0.05, 0.1) is 11.5 Å². The van der Waals surface area contributed by atoms with Gasteiger partial charge < -0.3 is 5.11 Å². The lowest BCUT2D eigenvalue weighted by Gasteiger charge is -2.05. The van der Waals surface area contributed by atoms with Gasteiger partial charge >= 0.3 is 0 Å². The number of hydrogen-bond donors (Lipinski definition) is 3. The van der Waals surface area contributed by atoms with E-state index in [2.05, 4.69) is 21.3 Å². The van der Waals surface area contributed by atoms with Crippen LogP contribution in [-0.4, -0.2) is 26.2 Å². The third-order valence-electron chi connectivity index (χ3n) is 2.45. The summed E-state index contributed by atoms with van der Waals surface area (Å²) in [5.41, 5.74) is 0. The number of rotatable bonds is 6. The van der Waals surface area contributed by atoms with Crippen LogP contribution >= 0.6 is 11.3 Å². The Labute approximate surface area is 117 Å². The van der Waals surface area contributed by atoms with Gasteiger partial charge in [0.2, 0.25) is 0 Å². The molecular formula is C12H16N2O3S2. The number of thiophene rings is 1. The van der Waals surface area contributed by atoms with Gasteiger partial charge in [-0.3, -0.25) is 0 Å². The third-order valence-corrected chi connectivity index (χ3v) is 4.61. The average molecular weight is 300 g/mol. The summed E-state index contributed by atoms with van der Waals surface area (Å²) in [4.78, 5) is 1.78. The molecule has 0 saturated heterocycles. The Morgan fingerprint density at radius 2 is 2.21 bits per heavy atom. The van der Waals surface area contributed by atoms with Gasteiger partial charge in [0.25, 0.3) is 10.2 Å². The minimum atomic E-state index is -3.39. The first-order valence-corrected chi connectivity index (χ1v) is 8.34. The fourth-order valence-corrected chi connectivity index (χ4v) is 3.39. The molecule has 7 heteroatoms. The molecule has 0 bridgehead atoms. The van der Waals surface area contributed by atoms with Gasteiger partial charge in [0, 0.05) is 23.9 Å². The van der Waals surface area contributed by atoms with Crippen molar-refractivity contribution in [1.29, 1.82) is 0 Å². The molecule has 1 aromatic rings. The highest BCUT2D eigenvalue weighted by Gasteiger charge is 2.26. The lowest BCUT2D eigenvalue weighted by atomic mass is 10.4. The van der Waals surface area contributed by atoms with Gasteiger partial charge in [-0.2, -0.15) is 17.9 Å². The van der Waals surface area contributed by atoms with Crippen LogP contribution in [0.15, 0.2) is 12.1 Å². The highest BCUT2D eigenvalue weighted by molar-refractivity contribution is 7.87. The molecule has 2 rings (SSSR count). The molecular weight excluding hydrogens is 284 g/mol. The zero-order chi connectivity index (χ0) is 13.7. The van der Waals surface area contributed by atoms with Crippen LogP contribution in [0.4, 0.5) is 0 Å². The van der Waals surface area contributed by atoms with Crippen LogP contribution in [-0.2, 0) is 16.8 Å². The first-order valence-electron chi connectivity index (χ1n) is 6.04. The fourth-order valence-electron chi connectivity index (χ4n) is 1.37. The van der Waals surface area contributed by atoms with Gasteiger partial charge in [-0.05, 0) is 25.0 Å². The lowest BCUT2D eigenvalue weighted by Crippen LogP contribution is -2.37. The highest BCUT2D eigenvalue weighted by Crippen LogP contribution is 2.19. The monoisotopic (exact) mass is 300 g/mol. The van der Waals surface area contributed by atoms with Gasteiger partial charge in [-0.1, -0.05) is 11.8 Å². The largest absolute Gasteiger partial charge is 0.395 e. The van der Waals surface area contributed by atoms with Crippen LogP contribution in [0, 0.1) is 11.8 Å². The standard InChI is InChI=1S/C12H16N2O3S2/c15-8-2-1-3-11-6-7-12(18-11)9-13-19(16,17)14-10-4-5-10/h6-7,10,13-15H,2,4-5,8-9H2. The summed E-state index contributed by atoms with van der Waals surface area (Å²) in [6.45, 7) is 0.326. The average Bonchev–Trinajstić information content (AvgIpc) is 3.04. The number of aliphatic hydroxyl groups is 1. The maximum absolute atomic E-state index is 11.6. The van der Waals surface area contributed by atoms with Crippen LogP contribution in [0.5, 0.6) is 0 Å². The van der Waals surface area contributed by atoms with Crippen molar-refractivity contribution in [3.05, 3.63) is 21.9 Å². The molecule has 0 amide bonds. The van der Waals surface area contributed by atoms with E-state index >= 15 is 0 Å². The normalized spacial score (nSPS) is 15.0. The Balaban J connectivity index is 1.84. The van der Waals surface area contributed by atoms with E-state index in [-0.39, 0.29) is 19.2 Å². The summed E-state index contributed by atoms with van der Waals surface area (Å²) in [7, 11) is -3.39. The molecule has 3 N–H and O–H groups in total. The van der Waals surface area contributed by atoms with Gasteiger partial charge in [0.1, 0.15) is 0 Å². The van der Waals surface area contributed by atoms with Gasteiger partial charge in [-0.25, -0.2) is 0 Å². The molecule has 1 saturated carbocycles. The summed E-state index contributed by atoms with van der Waals surface area (Å²) < 4.78 is 28.3. The molecule has 1 aromatic heterocycles. The molecule has 5 nitrogen and oxygen atoms in total.